The number of hydrogen-bond acceptors (Lipinski definition) is 3. The van der Waals surface area contributed by atoms with E-state index in [1.165, 1.54) is 18.2 Å². The van der Waals surface area contributed by atoms with Gasteiger partial charge >= 0.3 is 12.4 Å². The summed E-state index contributed by atoms with van der Waals surface area (Å²) in [4.78, 5) is 12.2. The van der Waals surface area contributed by atoms with Gasteiger partial charge in [-0.05, 0) is 51.3 Å². The van der Waals surface area contributed by atoms with Crippen molar-refractivity contribution in [1.82, 2.24) is 16.2 Å². The van der Waals surface area contributed by atoms with Gasteiger partial charge in [-0.2, -0.15) is 26.3 Å². The average molecular weight is 609 g/mol. The van der Waals surface area contributed by atoms with E-state index < -0.39 is 46.6 Å². The predicted molar refractivity (Wildman–Crippen MR) is 122 cm³/mol. The standard InChI is InChI=1S/C21H15BrCl2F7N3O/c1-10(32-9-20(26,27)28)33-34-19(35)13-4-2-11(6-15(13)22)3-5-14(21(29,30)31)12-7-16(23)18(25)17(24)8-12/h2-8,14,32-33H,1,9H2,(H,34,35)/b5-3+. The molecule has 14 heteroatoms. The lowest BCUT2D eigenvalue weighted by atomic mass is 9.97. The minimum absolute atomic E-state index is 0.0303. The Morgan fingerprint density at radius 3 is 2.17 bits per heavy atom. The van der Waals surface area contributed by atoms with E-state index >= 15 is 0 Å². The molecule has 1 amide bonds. The highest BCUT2D eigenvalue weighted by Gasteiger charge is 2.39. The summed E-state index contributed by atoms with van der Waals surface area (Å²) in [6, 6.07) is 5.63. The number of alkyl halides is 6. The van der Waals surface area contributed by atoms with Crippen LogP contribution in [-0.4, -0.2) is 24.8 Å². The molecule has 35 heavy (non-hydrogen) atoms. The quantitative estimate of drug-likeness (QED) is 0.170. The average Bonchev–Trinajstić information content (AvgIpc) is 2.73. The second-order valence-corrected chi connectivity index (χ2v) is 8.61. The molecule has 2 aromatic rings. The number of hydrogen-bond donors (Lipinski definition) is 3. The molecule has 0 spiro atoms. The molecule has 1 atom stereocenters. The maximum atomic E-state index is 13.6. The third-order valence-corrected chi connectivity index (χ3v) is 5.47. The number of benzene rings is 2. The zero-order valence-electron chi connectivity index (χ0n) is 17.2. The third-order valence-electron chi connectivity index (χ3n) is 4.27. The first-order valence-electron chi connectivity index (χ1n) is 9.33. The SMILES string of the molecule is C=C(NCC(F)(F)F)NNC(=O)c1ccc(/C=C/C(c2cc(Cl)c(F)c(Cl)c2)C(F)(F)F)cc1Br. The summed E-state index contributed by atoms with van der Waals surface area (Å²) in [7, 11) is 0. The van der Waals surface area contributed by atoms with Crippen LogP contribution < -0.4 is 16.2 Å². The van der Waals surface area contributed by atoms with Crippen molar-refractivity contribution >= 4 is 51.1 Å². The van der Waals surface area contributed by atoms with Crippen LogP contribution in [0.2, 0.25) is 10.0 Å². The molecule has 0 saturated carbocycles. The molecule has 0 aromatic heterocycles. The van der Waals surface area contributed by atoms with Crippen LogP contribution in [-0.2, 0) is 0 Å². The van der Waals surface area contributed by atoms with Crippen molar-refractivity contribution in [2.24, 2.45) is 0 Å². The van der Waals surface area contributed by atoms with Gasteiger partial charge in [-0.25, -0.2) is 4.39 Å². The van der Waals surface area contributed by atoms with Crippen LogP contribution in [0.1, 0.15) is 27.4 Å². The van der Waals surface area contributed by atoms with Crippen LogP contribution >= 0.6 is 39.1 Å². The highest BCUT2D eigenvalue weighted by Crippen LogP contribution is 2.39. The van der Waals surface area contributed by atoms with E-state index in [-0.39, 0.29) is 27.0 Å². The van der Waals surface area contributed by atoms with Crippen molar-refractivity contribution in [1.29, 1.82) is 0 Å². The van der Waals surface area contributed by atoms with Gasteiger partial charge in [0.1, 0.15) is 12.4 Å². The van der Waals surface area contributed by atoms with Gasteiger partial charge in [-0.3, -0.25) is 15.6 Å². The fourth-order valence-corrected chi connectivity index (χ4v) is 3.72. The zero-order chi connectivity index (χ0) is 26.6. The topological polar surface area (TPSA) is 53.2 Å². The normalized spacial score (nSPS) is 13.0. The molecule has 1 unspecified atom stereocenters. The predicted octanol–water partition coefficient (Wildman–Crippen LogP) is 7.11. The maximum Gasteiger partial charge on any atom is 0.405 e. The second-order valence-electron chi connectivity index (χ2n) is 6.94. The van der Waals surface area contributed by atoms with Gasteiger partial charge in [0.15, 0.2) is 5.82 Å². The van der Waals surface area contributed by atoms with Crippen molar-refractivity contribution in [3.63, 3.8) is 0 Å². The van der Waals surface area contributed by atoms with Gasteiger partial charge in [0.25, 0.3) is 5.91 Å². The lowest BCUT2D eigenvalue weighted by molar-refractivity contribution is -0.139. The first kappa shape index (κ1) is 28.8. The molecule has 2 rings (SSSR count). The monoisotopic (exact) mass is 607 g/mol. The van der Waals surface area contributed by atoms with Crippen LogP contribution in [0.4, 0.5) is 30.7 Å². The Morgan fingerprint density at radius 1 is 1.06 bits per heavy atom. The van der Waals surface area contributed by atoms with Gasteiger partial charge < -0.3 is 5.32 Å². The van der Waals surface area contributed by atoms with Crippen molar-refractivity contribution in [2.45, 2.75) is 18.3 Å². The fraction of sp³-hybridized carbons (Fsp3) is 0.190. The Balaban J connectivity index is 2.15. The molecule has 190 valence electrons. The Morgan fingerprint density at radius 2 is 1.66 bits per heavy atom. The Kier molecular flexibility index (Phi) is 9.49. The summed E-state index contributed by atoms with van der Waals surface area (Å²) in [5, 5.41) is 0.806. The van der Waals surface area contributed by atoms with Crippen molar-refractivity contribution in [3.8, 4) is 0 Å². The Hall–Kier alpha value is -2.44. The largest absolute Gasteiger partial charge is 0.405 e. The molecule has 0 aliphatic heterocycles. The van der Waals surface area contributed by atoms with Crippen LogP contribution in [0, 0.1) is 5.82 Å². The van der Waals surface area contributed by atoms with Crippen LogP contribution in [0.5, 0.6) is 0 Å². The molecule has 0 aliphatic rings. The van der Waals surface area contributed by atoms with E-state index in [1.54, 1.807) is 0 Å². The van der Waals surface area contributed by atoms with E-state index in [1.807, 2.05) is 5.32 Å². The number of nitrogens with one attached hydrogen (secondary N) is 3. The first-order valence-corrected chi connectivity index (χ1v) is 10.9. The number of rotatable bonds is 8. The molecule has 0 bridgehead atoms. The van der Waals surface area contributed by atoms with Crippen LogP contribution in [0.25, 0.3) is 6.08 Å². The smallest absolute Gasteiger partial charge is 0.362 e. The minimum atomic E-state index is -4.74. The summed E-state index contributed by atoms with van der Waals surface area (Å²) >= 11 is 14.4. The molecule has 3 N–H and O–H groups in total. The maximum absolute atomic E-state index is 13.6. The number of allylic oxidation sites excluding steroid dienone is 1. The molecular weight excluding hydrogens is 594 g/mol. The molecular formula is C21H15BrCl2F7N3O. The van der Waals surface area contributed by atoms with Gasteiger partial charge in [0.05, 0.1) is 21.5 Å². The second kappa shape index (κ2) is 11.5. The van der Waals surface area contributed by atoms with E-state index in [4.69, 9.17) is 23.2 Å². The molecule has 2 aromatic carbocycles. The Bertz CT molecular complexity index is 1110. The lowest BCUT2D eigenvalue weighted by Gasteiger charge is -2.18. The van der Waals surface area contributed by atoms with Gasteiger partial charge in [0.2, 0.25) is 0 Å². The number of amides is 1. The van der Waals surface area contributed by atoms with E-state index in [9.17, 15) is 35.5 Å². The van der Waals surface area contributed by atoms with Crippen LogP contribution in [0.3, 0.4) is 0 Å². The van der Waals surface area contributed by atoms with Crippen molar-refractivity contribution < 1.29 is 35.5 Å². The number of carbonyl (C=O) groups is 1. The summed E-state index contributed by atoms with van der Waals surface area (Å²) in [5.74, 6) is -4.26. The van der Waals surface area contributed by atoms with E-state index in [0.717, 1.165) is 24.3 Å². The number of carbonyl (C=O) groups excluding carboxylic acids is 1. The highest BCUT2D eigenvalue weighted by molar-refractivity contribution is 9.10. The molecule has 0 radical (unpaired) electrons. The van der Waals surface area contributed by atoms with Crippen molar-refractivity contribution in [3.05, 3.63) is 85.8 Å². The highest BCUT2D eigenvalue weighted by atomic mass is 79.9. The fourth-order valence-electron chi connectivity index (χ4n) is 2.64. The summed E-state index contributed by atoms with van der Waals surface area (Å²) in [6.07, 6.45) is -7.27. The number of halogens is 10. The molecule has 0 saturated heterocycles. The van der Waals surface area contributed by atoms with E-state index in [2.05, 4.69) is 33.4 Å². The third kappa shape index (κ3) is 8.62. The summed E-state index contributed by atoms with van der Waals surface area (Å²) < 4.78 is 91.2. The van der Waals surface area contributed by atoms with Crippen LogP contribution in [0.15, 0.2) is 53.3 Å². The summed E-state index contributed by atoms with van der Waals surface area (Å²) in [5.41, 5.74) is 4.23. The van der Waals surface area contributed by atoms with Crippen molar-refractivity contribution in [2.75, 3.05) is 6.54 Å². The first-order chi connectivity index (χ1) is 16.1. The molecule has 0 aliphatic carbocycles. The molecule has 4 nitrogen and oxygen atoms in total. The van der Waals surface area contributed by atoms with Gasteiger partial charge in [-0.15, -0.1) is 0 Å². The lowest BCUT2D eigenvalue weighted by Crippen LogP contribution is -2.42. The van der Waals surface area contributed by atoms with Gasteiger partial charge in [-0.1, -0.05) is 48.0 Å². The zero-order valence-corrected chi connectivity index (χ0v) is 20.3. The van der Waals surface area contributed by atoms with Gasteiger partial charge in [0, 0.05) is 4.47 Å². The molecule has 0 fully saturated rings. The summed E-state index contributed by atoms with van der Waals surface area (Å²) in [6.45, 7) is 1.91. The number of hydrazine groups is 1. The Labute approximate surface area is 213 Å². The van der Waals surface area contributed by atoms with E-state index in [0.29, 0.717) is 0 Å². The molecule has 0 heterocycles. The minimum Gasteiger partial charge on any atom is -0.362 e.